The van der Waals surface area contributed by atoms with Gasteiger partial charge in [0.05, 0.1) is 11.0 Å². The highest BCUT2D eigenvalue weighted by molar-refractivity contribution is 7.89. The van der Waals surface area contributed by atoms with Crippen LogP contribution in [0.5, 0.6) is 0 Å². The van der Waals surface area contributed by atoms with Crippen LogP contribution in [-0.2, 0) is 14.8 Å². The maximum Gasteiger partial charge on any atom is 0.242 e. The van der Waals surface area contributed by atoms with Gasteiger partial charge in [-0.1, -0.05) is 12.1 Å². The highest BCUT2D eigenvalue weighted by atomic mass is 32.2. The number of rotatable bonds is 6. The molecule has 0 saturated carbocycles. The fourth-order valence-electron chi connectivity index (χ4n) is 2.37. The van der Waals surface area contributed by atoms with Crippen molar-refractivity contribution in [1.82, 2.24) is 9.62 Å². The van der Waals surface area contributed by atoms with Crippen LogP contribution in [0, 0.1) is 0 Å². The summed E-state index contributed by atoms with van der Waals surface area (Å²) >= 11 is 0. The average Bonchev–Trinajstić information content (AvgIpc) is 2.98. The van der Waals surface area contributed by atoms with Crippen molar-refractivity contribution in [2.75, 3.05) is 27.2 Å². The molecular weight excluding hydrogens is 288 g/mol. The average molecular weight is 312 g/mol. The Morgan fingerprint density at radius 1 is 1.33 bits per heavy atom. The standard InChI is InChI=1S/C15H24N2O3S/c1-12(16-11-14-5-4-10-20-14)13-6-8-15(9-7-13)21(18,19)17(2)3/h6-9,12,14,16H,4-5,10-11H2,1-3H3. The van der Waals surface area contributed by atoms with Gasteiger partial charge in [0.2, 0.25) is 10.0 Å². The summed E-state index contributed by atoms with van der Waals surface area (Å²) in [6.45, 7) is 3.77. The van der Waals surface area contributed by atoms with Gasteiger partial charge in [-0.05, 0) is 37.5 Å². The highest BCUT2D eigenvalue weighted by Gasteiger charge is 2.18. The minimum absolute atomic E-state index is 0.172. The van der Waals surface area contributed by atoms with Gasteiger partial charge in [0.1, 0.15) is 0 Å². The number of nitrogens with one attached hydrogen (secondary N) is 1. The second-order valence-electron chi connectivity index (χ2n) is 5.62. The molecule has 0 spiro atoms. The van der Waals surface area contributed by atoms with Crippen LogP contribution in [0.1, 0.15) is 31.4 Å². The van der Waals surface area contributed by atoms with E-state index >= 15 is 0 Å². The van der Waals surface area contributed by atoms with E-state index < -0.39 is 10.0 Å². The maximum atomic E-state index is 12.0. The van der Waals surface area contributed by atoms with Gasteiger partial charge in [-0.3, -0.25) is 0 Å². The summed E-state index contributed by atoms with van der Waals surface area (Å²) in [6.07, 6.45) is 2.55. The molecule has 1 heterocycles. The third kappa shape index (κ3) is 4.03. The molecule has 1 aromatic carbocycles. The van der Waals surface area contributed by atoms with Gasteiger partial charge in [0.25, 0.3) is 0 Å². The van der Waals surface area contributed by atoms with E-state index in [2.05, 4.69) is 12.2 Å². The fraction of sp³-hybridized carbons (Fsp3) is 0.600. The molecule has 21 heavy (non-hydrogen) atoms. The fourth-order valence-corrected chi connectivity index (χ4v) is 3.27. The van der Waals surface area contributed by atoms with Gasteiger partial charge in [-0.2, -0.15) is 0 Å². The minimum atomic E-state index is -3.35. The van der Waals surface area contributed by atoms with Crippen molar-refractivity contribution in [3.8, 4) is 0 Å². The second-order valence-corrected chi connectivity index (χ2v) is 7.77. The Balaban J connectivity index is 1.97. The van der Waals surface area contributed by atoms with Crippen LogP contribution >= 0.6 is 0 Å². The number of ether oxygens (including phenoxy) is 1. The second kappa shape index (κ2) is 6.87. The lowest BCUT2D eigenvalue weighted by molar-refractivity contribution is 0.108. The Labute approximate surface area is 127 Å². The van der Waals surface area contributed by atoms with Crippen LogP contribution in [0.3, 0.4) is 0 Å². The van der Waals surface area contributed by atoms with Gasteiger partial charge < -0.3 is 10.1 Å². The van der Waals surface area contributed by atoms with Crippen molar-refractivity contribution in [2.45, 2.75) is 36.8 Å². The monoisotopic (exact) mass is 312 g/mol. The summed E-state index contributed by atoms with van der Waals surface area (Å²) in [6, 6.07) is 7.22. The third-order valence-electron chi connectivity index (χ3n) is 3.83. The van der Waals surface area contributed by atoms with Crippen molar-refractivity contribution in [2.24, 2.45) is 0 Å². The Kier molecular flexibility index (Phi) is 5.37. The first-order chi connectivity index (χ1) is 9.91. The number of benzene rings is 1. The lowest BCUT2D eigenvalue weighted by Crippen LogP contribution is -2.28. The van der Waals surface area contributed by atoms with Crippen molar-refractivity contribution in [3.63, 3.8) is 0 Å². The Morgan fingerprint density at radius 3 is 2.52 bits per heavy atom. The van der Waals surface area contributed by atoms with E-state index in [1.165, 1.54) is 18.4 Å². The Hall–Kier alpha value is -0.950. The van der Waals surface area contributed by atoms with E-state index in [4.69, 9.17) is 4.74 Å². The smallest absolute Gasteiger partial charge is 0.242 e. The van der Waals surface area contributed by atoms with E-state index in [-0.39, 0.29) is 6.04 Å². The SMILES string of the molecule is CC(NCC1CCCO1)c1ccc(S(=O)(=O)N(C)C)cc1. The summed E-state index contributed by atoms with van der Waals surface area (Å²) < 4.78 is 30.8. The predicted octanol–water partition coefficient (Wildman–Crippen LogP) is 1.77. The van der Waals surface area contributed by atoms with Crippen molar-refractivity contribution < 1.29 is 13.2 Å². The normalized spacial score (nSPS) is 20.9. The first-order valence-electron chi connectivity index (χ1n) is 7.28. The molecule has 1 saturated heterocycles. The number of hydrogen-bond acceptors (Lipinski definition) is 4. The molecule has 1 aliphatic rings. The first kappa shape index (κ1) is 16.4. The molecule has 1 N–H and O–H groups in total. The summed E-state index contributed by atoms with van der Waals surface area (Å²) in [7, 11) is -0.278. The van der Waals surface area contributed by atoms with Gasteiger partial charge in [-0.25, -0.2) is 12.7 Å². The molecule has 118 valence electrons. The van der Waals surface area contributed by atoms with Gasteiger partial charge in [0.15, 0.2) is 0 Å². The molecule has 2 rings (SSSR count). The molecule has 2 unspecified atom stereocenters. The molecule has 0 aliphatic carbocycles. The quantitative estimate of drug-likeness (QED) is 0.870. The summed E-state index contributed by atoms with van der Waals surface area (Å²) in [4.78, 5) is 0.322. The number of hydrogen-bond donors (Lipinski definition) is 1. The molecule has 1 aromatic rings. The molecule has 2 atom stereocenters. The predicted molar refractivity (Wildman–Crippen MR) is 82.7 cm³/mol. The molecule has 1 aliphatic heterocycles. The largest absolute Gasteiger partial charge is 0.377 e. The van der Waals surface area contributed by atoms with E-state index in [0.29, 0.717) is 11.0 Å². The molecule has 6 heteroatoms. The van der Waals surface area contributed by atoms with Crippen molar-refractivity contribution in [3.05, 3.63) is 29.8 Å². The van der Waals surface area contributed by atoms with E-state index in [0.717, 1.165) is 31.6 Å². The van der Waals surface area contributed by atoms with Crippen LogP contribution in [0.4, 0.5) is 0 Å². The first-order valence-corrected chi connectivity index (χ1v) is 8.73. The Bertz CT molecular complexity index is 549. The minimum Gasteiger partial charge on any atom is -0.377 e. The molecule has 0 radical (unpaired) electrons. The van der Waals surface area contributed by atoms with Crippen LogP contribution in [0.2, 0.25) is 0 Å². The lowest BCUT2D eigenvalue weighted by atomic mass is 10.1. The zero-order valence-corrected chi connectivity index (χ0v) is 13.7. The van der Waals surface area contributed by atoms with Crippen LogP contribution in [0.25, 0.3) is 0 Å². The van der Waals surface area contributed by atoms with Gasteiger partial charge in [-0.15, -0.1) is 0 Å². The van der Waals surface area contributed by atoms with E-state index in [1.807, 2.05) is 12.1 Å². The van der Waals surface area contributed by atoms with Crippen LogP contribution in [-0.4, -0.2) is 46.1 Å². The molecule has 5 nitrogen and oxygen atoms in total. The number of sulfonamides is 1. The zero-order chi connectivity index (χ0) is 15.5. The van der Waals surface area contributed by atoms with Crippen molar-refractivity contribution >= 4 is 10.0 Å². The molecule has 0 aromatic heterocycles. The van der Waals surface area contributed by atoms with Crippen LogP contribution in [0.15, 0.2) is 29.2 Å². The maximum absolute atomic E-state index is 12.0. The summed E-state index contributed by atoms with van der Waals surface area (Å²) in [5.74, 6) is 0. The highest BCUT2D eigenvalue weighted by Crippen LogP contribution is 2.19. The van der Waals surface area contributed by atoms with Crippen LogP contribution < -0.4 is 5.32 Å². The Morgan fingerprint density at radius 2 is 2.00 bits per heavy atom. The summed E-state index contributed by atoms with van der Waals surface area (Å²) in [5, 5.41) is 3.44. The van der Waals surface area contributed by atoms with E-state index in [1.54, 1.807) is 12.1 Å². The van der Waals surface area contributed by atoms with E-state index in [9.17, 15) is 8.42 Å². The van der Waals surface area contributed by atoms with Gasteiger partial charge >= 0.3 is 0 Å². The topological polar surface area (TPSA) is 58.6 Å². The zero-order valence-electron chi connectivity index (χ0n) is 12.9. The molecular formula is C15H24N2O3S. The number of nitrogens with zero attached hydrogens (tertiary/aromatic N) is 1. The molecule has 0 bridgehead atoms. The third-order valence-corrected chi connectivity index (χ3v) is 5.66. The van der Waals surface area contributed by atoms with Crippen molar-refractivity contribution in [1.29, 1.82) is 0 Å². The lowest BCUT2D eigenvalue weighted by Gasteiger charge is -2.18. The van der Waals surface area contributed by atoms with Gasteiger partial charge in [0, 0.05) is 33.3 Å². The molecule has 1 fully saturated rings. The molecule has 0 amide bonds. The summed E-state index contributed by atoms with van der Waals surface area (Å²) in [5.41, 5.74) is 1.07.